The zero-order valence-electron chi connectivity index (χ0n) is 6.59. The van der Waals surface area contributed by atoms with Crippen molar-refractivity contribution >= 4 is 11.4 Å². The van der Waals surface area contributed by atoms with E-state index in [1.54, 1.807) is 0 Å². The maximum absolute atomic E-state index is 5.64. The summed E-state index contributed by atoms with van der Waals surface area (Å²) >= 11 is 0. The molecule has 1 aromatic carbocycles. The standard InChI is InChI=1S/C9H12N2/c1-6-5-11-9-4-7(10)2-3-8(6)9/h2-4,6,11H,5,10H2,1H3. The largest absolute Gasteiger partial charge is 0.399 e. The number of nitrogens with one attached hydrogen (secondary N) is 1. The fourth-order valence-electron chi connectivity index (χ4n) is 1.53. The number of benzene rings is 1. The van der Waals surface area contributed by atoms with Gasteiger partial charge in [0.25, 0.3) is 0 Å². The average molecular weight is 148 g/mol. The highest BCUT2D eigenvalue weighted by Gasteiger charge is 2.16. The van der Waals surface area contributed by atoms with Crippen molar-refractivity contribution in [1.82, 2.24) is 0 Å². The predicted octanol–water partition coefficient (Wildman–Crippen LogP) is 1.80. The first-order valence-corrected chi connectivity index (χ1v) is 3.90. The Labute approximate surface area is 66.4 Å². The Morgan fingerprint density at radius 3 is 3.18 bits per heavy atom. The Morgan fingerprint density at radius 1 is 1.55 bits per heavy atom. The highest BCUT2D eigenvalue weighted by Crippen LogP contribution is 2.31. The maximum Gasteiger partial charge on any atom is 0.0397 e. The molecule has 0 spiro atoms. The van der Waals surface area contributed by atoms with Crippen LogP contribution in [0.25, 0.3) is 0 Å². The third kappa shape index (κ3) is 0.946. The Morgan fingerprint density at radius 2 is 2.36 bits per heavy atom. The van der Waals surface area contributed by atoms with Crippen molar-refractivity contribution in [2.45, 2.75) is 12.8 Å². The van der Waals surface area contributed by atoms with Crippen molar-refractivity contribution in [2.24, 2.45) is 0 Å². The molecule has 1 unspecified atom stereocenters. The minimum Gasteiger partial charge on any atom is -0.399 e. The van der Waals surface area contributed by atoms with Crippen LogP contribution < -0.4 is 11.1 Å². The minimum absolute atomic E-state index is 0.630. The first-order valence-electron chi connectivity index (χ1n) is 3.90. The number of rotatable bonds is 0. The smallest absolute Gasteiger partial charge is 0.0397 e. The molecule has 0 saturated heterocycles. The second-order valence-electron chi connectivity index (χ2n) is 3.13. The molecule has 3 N–H and O–H groups in total. The lowest BCUT2D eigenvalue weighted by Crippen LogP contribution is -1.95. The van der Waals surface area contributed by atoms with Crippen LogP contribution in [0.5, 0.6) is 0 Å². The molecule has 2 heteroatoms. The molecule has 1 atom stereocenters. The molecule has 0 amide bonds. The summed E-state index contributed by atoms with van der Waals surface area (Å²) in [5.74, 6) is 0.630. The number of nitrogen functional groups attached to an aromatic ring is 1. The van der Waals surface area contributed by atoms with Crippen LogP contribution in [0.15, 0.2) is 18.2 Å². The number of hydrogen-bond donors (Lipinski definition) is 2. The van der Waals surface area contributed by atoms with Crippen molar-refractivity contribution in [3.63, 3.8) is 0 Å². The molecule has 2 nitrogen and oxygen atoms in total. The third-order valence-electron chi connectivity index (χ3n) is 2.21. The number of nitrogens with two attached hydrogens (primary N) is 1. The summed E-state index contributed by atoms with van der Waals surface area (Å²) in [5, 5.41) is 3.31. The second-order valence-corrected chi connectivity index (χ2v) is 3.13. The molecular weight excluding hydrogens is 136 g/mol. The number of anilines is 2. The van der Waals surface area contributed by atoms with Crippen molar-refractivity contribution in [3.8, 4) is 0 Å². The van der Waals surface area contributed by atoms with Crippen LogP contribution in [0.2, 0.25) is 0 Å². The van der Waals surface area contributed by atoms with Gasteiger partial charge in [-0.05, 0) is 17.7 Å². The van der Waals surface area contributed by atoms with E-state index in [0.717, 1.165) is 12.2 Å². The number of fused-ring (bicyclic) bond motifs is 1. The van der Waals surface area contributed by atoms with Crippen LogP contribution in [-0.2, 0) is 0 Å². The SMILES string of the molecule is CC1CNc2cc(N)ccc21. The fourth-order valence-corrected chi connectivity index (χ4v) is 1.53. The maximum atomic E-state index is 5.64. The van der Waals surface area contributed by atoms with Crippen LogP contribution in [-0.4, -0.2) is 6.54 Å². The van der Waals surface area contributed by atoms with Crippen molar-refractivity contribution < 1.29 is 0 Å². The van der Waals surface area contributed by atoms with Gasteiger partial charge in [-0.1, -0.05) is 13.0 Å². The van der Waals surface area contributed by atoms with E-state index in [0.29, 0.717) is 5.92 Å². The first-order chi connectivity index (χ1) is 5.27. The molecule has 1 heterocycles. The zero-order chi connectivity index (χ0) is 7.84. The van der Waals surface area contributed by atoms with Gasteiger partial charge in [0.15, 0.2) is 0 Å². The molecule has 1 aromatic rings. The topological polar surface area (TPSA) is 38.0 Å². The van der Waals surface area contributed by atoms with E-state index in [9.17, 15) is 0 Å². The fraction of sp³-hybridized carbons (Fsp3) is 0.333. The summed E-state index contributed by atoms with van der Waals surface area (Å²) in [4.78, 5) is 0. The van der Waals surface area contributed by atoms with Gasteiger partial charge in [0.2, 0.25) is 0 Å². The van der Waals surface area contributed by atoms with Crippen LogP contribution in [0.1, 0.15) is 18.4 Å². The van der Waals surface area contributed by atoms with E-state index in [-0.39, 0.29) is 0 Å². The molecule has 58 valence electrons. The molecule has 0 saturated carbocycles. The van der Waals surface area contributed by atoms with E-state index in [1.165, 1.54) is 11.3 Å². The molecule has 1 aliphatic rings. The van der Waals surface area contributed by atoms with E-state index in [2.05, 4.69) is 18.3 Å². The normalized spacial score (nSPS) is 21.0. The first kappa shape index (κ1) is 6.53. The third-order valence-corrected chi connectivity index (χ3v) is 2.21. The van der Waals surface area contributed by atoms with Gasteiger partial charge in [-0.25, -0.2) is 0 Å². The lowest BCUT2D eigenvalue weighted by atomic mass is 10.0. The molecule has 0 aliphatic carbocycles. The molecule has 2 rings (SSSR count). The Bertz CT molecular complexity index is 281. The Balaban J connectivity index is 2.50. The lowest BCUT2D eigenvalue weighted by Gasteiger charge is -2.01. The summed E-state index contributed by atoms with van der Waals surface area (Å²) < 4.78 is 0. The van der Waals surface area contributed by atoms with E-state index in [4.69, 9.17) is 5.73 Å². The zero-order valence-corrected chi connectivity index (χ0v) is 6.59. The molecule has 0 fully saturated rings. The summed E-state index contributed by atoms with van der Waals surface area (Å²) in [6.07, 6.45) is 0. The number of hydrogen-bond acceptors (Lipinski definition) is 2. The van der Waals surface area contributed by atoms with Crippen molar-refractivity contribution in [2.75, 3.05) is 17.6 Å². The van der Waals surface area contributed by atoms with Gasteiger partial charge in [0.1, 0.15) is 0 Å². The van der Waals surface area contributed by atoms with Gasteiger partial charge in [-0.15, -0.1) is 0 Å². The summed E-state index contributed by atoms with van der Waals surface area (Å²) in [6, 6.07) is 6.07. The highest BCUT2D eigenvalue weighted by atomic mass is 14.9. The Kier molecular flexibility index (Phi) is 1.28. The van der Waals surface area contributed by atoms with Crippen molar-refractivity contribution in [3.05, 3.63) is 23.8 Å². The quantitative estimate of drug-likeness (QED) is 0.550. The van der Waals surface area contributed by atoms with Gasteiger partial charge >= 0.3 is 0 Å². The molecule has 0 aromatic heterocycles. The van der Waals surface area contributed by atoms with Crippen LogP contribution >= 0.6 is 0 Å². The molecule has 1 aliphatic heterocycles. The average Bonchev–Trinajstić information content (AvgIpc) is 2.32. The second kappa shape index (κ2) is 2.16. The van der Waals surface area contributed by atoms with Gasteiger partial charge in [-0.2, -0.15) is 0 Å². The van der Waals surface area contributed by atoms with Gasteiger partial charge in [0, 0.05) is 23.8 Å². The lowest BCUT2D eigenvalue weighted by molar-refractivity contribution is 0.854. The van der Waals surface area contributed by atoms with Gasteiger partial charge in [0.05, 0.1) is 0 Å². The molecular formula is C9H12N2. The van der Waals surface area contributed by atoms with Crippen LogP contribution in [0.4, 0.5) is 11.4 Å². The highest BCUT2D eigenvalue weighted by molar-refractivity contribution is 5.63. The summed E-state index contributed by atoms with van der Waals surface area (Å²) in [7, 11) is 0. The van der Waals surface area contributed by atoms with E-state index < -0.39 is 0 Å². The molecule has 0 bridgehead atoms. The summed E-state index contributed by atoms with van der Waals surface area (Å²) in [5.41, 5.74) is 9.07. The monoisotopic (exact) mass is 148 g/mol. The molecule has 11 heavy (non-hydrogen) atoms. The summed E-state index contributed by atoms with van der Waals surface area (Å²) in [6.45, 7) is 3.26. The Hall–Kier alpha value is -1.18. The minimum atomic E-state index is 0.630. The van der Waals surface area contributed by atoms with Gasteiger partial charge in [-0.3, -0.25) is 0 Å². The van der Waals surface area contributed by atoms with E-state index in [1.807, 2.05) is 12.1 Å². The molecule has 0 radical (unpaired) electrons. The van der Waals surface area contributed by atoms with Crippen molar-refractivity contribution in [1.29, 1.82) is 0 Å². The van der Waals surface area contributed by atoms with E-state index >= 15 is 0 Å². The van der Waals surface area contributed by atoms with Gasteiger partial charge < -0.3 is 11.1 Å². The van der Waals surface area contributed by atoms with Crippen LogP contribution in [0, 0.1) is 0 Å². The predicted molar refractivity (Wildman–Crippen MR) is 47.8 cm³/mol. The van der Waals surface area contributed by atoms with Crippen LogP contribution in [0.3, 0.4) is 0 Å².